The summed E-state index contributed by atoms with van der Waals surface area (Å²) >= 11 is 0. The van der Waals surface area contributed by atoms with Gasteiger partial charge in [-0.15, -0.1) is 0 Å². The van der Waals surface area contributed by atoms with Crippen molar-refractivity contribution >= 4 is 11.7 Å². The zero-order valence-electron chi connectivity index (χ0n) is 16.7. The van der Waals surface area contributed by atoms with Crippen molar-refractivity contribution in [2.75, 3.05) is 19.8 Å². The van der Waals surface area contributed by atoms with Crippen molar-refractivity contribution in [3.8, 4) is 0 Å². The molecule has 0 radical (unpaired) electrons. The lowest BCUT2D eigenvalue weighted by atomic mass is 9.97. The first-order chi connectivity index (χ1) is 14.1. The van der Waals surface area contributed by atoms with E-state index in [9.17, 15) is 9.90 Å². The third-order valence-electron chi connectivity index (χ3n) is 5.57. The third-order valence-corrected chi connectivity index (χ3v) is 5.57. The number of aliphatic hydroxyl groups is 1. The van der Waals surface area contributed by atoms with Crippen LogP contribution in [0.3, 0.4) is 0 Å². The van der Waals surface area contributed by atoms with Crippen molar-refractivity contribution in [3.63, 3.8) is 0 Å². The molecule has 0 spiro atoms. The highest BCUT2D eigenvalue weighted by Gasteiger charge is 2.35. The topological polar surface area (TPSA) is 92.9 Å². The van der Waals surface area contributed by atoms with Crippen LogP contribution in [0, 0.1) is 13.8 Å². The summed E-state index contributed by atoms with van der Waals surface area (Å²) in [7, 11) is 0. The van der Waals surface area contributed by atoms with Gasteiger partial charge in [0, 0.05) is 24.4 Å². The number of aromatic nitrogens is 4. The second-order valence-corrected chi connectivity index (χ2v) is 7.27. The molecule has 8 heteroatoms. The van der Waals surface area contributed by atoms with E-state index >= 15 is 0 Å². The Kier molecular flexibility index (Phi) is 5.55. The molecule has 3 aromatic rings. The van der Waals surface area contributed by atoms with Crippen LogP contribution in [-0.2, 0) is 16.0 Å². The quantitative estimate of drug-likeness (QED) is 0.706. The minimum Gasteiger partial charge on any atom is -0.394 e. The first-order valence-electron chi connectivity index (χ1n) is 9.83. The monoisotopic (exact) mass is 395 g/mol. The highest BCUT2D eigenvalue weighted by Crippen LogP contribution is 2.30. The number of benzene rings is 1. The van der Waals surface area contributed by atoms with E-state index in [0.29, 0.717) is 31.8 Å². The summed E-state index contributed by atoms with van der Waals surface area (Å²) in [5.41, 5.74) is 3.80. The number of hydrogen-bond acceptors (Lipinski definition) is 6. The Morgan fingerprint density at radius 3 is 2.83 bits per heavy atom. The molecule has 8 nitrogen and oxygen atoms in total. The van der Waals surface area contributed by atoms with Gasteiger partial charge in [-0.25, -0.2) is 9.50 Å². The number of ether oxygens (including phenoxy) is 1. The maximum atomic E-state index is 13.2. The van der Waals surface area contributed by atoms with E-state index < -0.39 is 6.10 Å². The SMILES string of the molecule is Cc1nc2ncnn2c(C)c1CCC(=O)N1CCOC(CO)C1c1ccccc1. The summed E-state index contributed by atoms with van der Waals surface area (Å²) in [5.74, 6) is 0.608. The Morgan fingerprint density at radius 1 is 1.28 bits per heavy atom. The fourth-order valence-electron chi connectivity index (χ4n) is 4.10. The molecule has 2 unspecified atom stereocenters. The van der Waals surface area contributed by atoms with Gasteiger partial charge in [-0.3, -0.25) is 4.79 Å². The van der Waals surface area contributed by atoms with Crippen molar-refractivity contribution in [2.24, 2.45) is 0 Å². The van der Waals surface area contributed by atoms with Crippen LogP contribution < -0.4 is 0 Å². The van der Waals surface area contributed by atoms with Gasteiger partial charge < -0.3 is 14.7 Å². The van der Waals surface area contributed by atoms with Gasteiger partial charge in [-0.1, -0.05) is 30.3 Å². The van der Waals surface area contributed by atoms with E-state index in [4.69, 9.17) is 4.74 Å². The standard InChI is InChI=1S/C21H25N5O3/c1-14-17(15(2)26-21(24-14)22-13-23-26)8-9-19(28)25-10-11-29-18(12-27)20(25)16-6-4-3-5-7-16/h3-7,13,18,20,27H,8-12H2,1-2H3. The van der Waals surface area contributed by atoms with Crippen LogP contribution in [-0.4, -0.2) is 61.4 Å². The zero-order valence-corrected chi connectivity index (χ0v) is 16.7. The Hall–Kier alpha value is -2.84. The normalized spacial score (nSPS) is 19.6. The molecule has 0 bridgehead atoms. The number of morpholine rings is 1. The molecule has 1 aliphatic rings. The number of amides is 1. The number of carbonyl (C=O) groups excluding carboxylic acids is 1. The average molecular weight is 395 g/mol. The number of carbonyl (C=O) groups is 1. The van der Waals surface area contributed by atoms with Crippen LogP contribution in [0.15, 0.2) is 36.7 Å². The van der Waals surface area contributed by atoms with Gasteiger partial charge in [-0.2, -0.15) is 10.1 Å². The second kappa shape index (κ2) is 8.26. The maximum Gasteiger partial charge on any atom is 0.252 e. The molecule has 1 aromatic carbocycles. The Bertz CT molecular complexity index is 1000. The van der Waals surface area contributed by atoms with Gasteiger partial charge in [-0.05, 0) is 31.4 Å². The molecule has 1 amide bonds. The van der Waals surface area contributed by atoms with Crippen LogP contribution in [0.25, 0.3) is 5.78 Å². The van der Waals surface area contributed by atoms with E-state index in [1.54, 1.807) is 4.52 Å². The van der Waals surface area contributed by atoms with Gasteiger partial charge in [0.1, 0.15) is 12.4 Å². The molecule has 1 N–H and O–H groups in total. The van der Waals surface area contributed by atoms with Crippen LogP contribution in [0.2, 0.25) is 0 Å². The predicted molar refractivity (Wildman–Crippen MR) is 106 cm³/mol. The number of aliphatic hydroxyl groups excluding tert-OH is 1. The molecular weight excluding hydrogens is 370 g/mol. The highest BCUT2D eigenvalue weighted by atomic mass is 16.5. The molecule has 3 heterocycles. The van der Waals surface area contributed by atoms with Gasteiger partial charge >= 0.3 is 0 Å². The van der Waals surface area contributed by atoms with Gasteiger partial charge in [0.05, 0.1) is 19.3 Å². The van der Waals surface area contributed by atoms with E-state index in [-0.39, 0.29) is 18.6 Å². The smallest absolute Gasteiger partial charge is 0.252 e. The first kappa shape index (κ1) is 19.5. The molecule has 1 aliphatic heterocycles. The van der Waals surface area contributed by atoms with Gasteiger partial charge in [0.25, 0.3) is 5.78 Å². The molecule has 1 saturated heterocycles. The van der Waals surface area contributed by atoms with Gasteiger partial charge in [0.2, 0.25) is 5.91 Å². The fraction of sp³-hybridized carbons (Fsp3) is 0.429. The summed E-state index contributed by atoms with van der Waals surface area (Å²) < 4.78 is 7.45. The number of rotatable bonds is 5. The van der Waals surface area contributed by atoms with Crippen LogP contribution in [0.4, 0.5) is 0 Å². The lowest BCUT2D eigenvalue weighted by Gasteiger charge is -2.41. The summed E-state index contributed by atoms with van der Waals surface area (Å²) in [4.78, 5) is 23.7. The number of hydrogen-bond donors (Lipinski definition) is 1. The Morgan fingerprint density at radius 2 is 2.07 bits per heavy atom. The zero-order chi connectivity index (χ0) is 20.4. The van der Waals surface area contributed by atoms with E-state index in [0.717, 1.165) is 22.5 Å². The molecular formula is C21H25N5O3. The average Bonchev–Trinajstić information content (AvgIpc) is 3.22. The maximum absolute atomic E-state index is 13.2. The Balaban J connectivity index is 1.55. The van der Waals surface area contributed by atoms with Crippen molar-refractivity contribution in [3.05, 3.63) is 59.2 Å². The molecule has 0 aliphatic carbocycles. The highest BCUT2D eigenvalue weighted by molar-refractivity contribution is 5.77. The third kappa shape index (κ3) is 3.73. The summed E-state index contributed by atoms with van der Waals surface area (Å²) in [6, 6.07) is 9.46. The molecule has 152 valence electrons. The molecule has 29 heavy (non-hydrogen) atoms. The van der Waals surface area contributed by atoms with E-state index in [1.165, 1.54) is 6.33 Å². The number of fused-ring (bicyclic) bond motifs is 1. The minimum absolute atomic E-state index is 0.0399. The van der Waals surface area contributed by atoms with Crippen molar-refractivity contribution in [1.29, 1.82) is 0 Å². The molecule has 2 aromatic heterocycles. The largest absolute Gasteiger partial charge is 0.394 e. The van der Waals surface area contributed by atoms with Crippen LogP contribution in [0.1, 0.15) is 35.0 Å². The summed E-state index contributed by atoms with van der Waals surface area (Å²) in [6.07, 6.45) is 1.98. The second-order valence-electron chi connectivity index (χ2n) is 7.27. The summed E-state index contributed by atoms with van der Waals surface area (Å²) in [6.45, 7) is 4.71. The molecule has 1 fully saturated rings. The first-order valence-corrected chi connectivity index (χ1v) is 9.83. The van der Waals surface area contributed by atoms with E-state index in [2.05, 4.69) is 15.1 Å². The predicted octanol–water partition coefficient (Wildman–Crippen LogP) is 1.63. The molecule has 4 rings (SSSR count). The van der Waals surface area contributed by atoms with Crippen LogP contribution >= 0.6 is 0 Å². The lowest BCUT2D eigenvalue weighted by Crippen LogP contribution is -2.49. The number of aryl methyl sites for hydroxylation is 2. The number of nitrogens with zero attached hydrogens (tertiary/aromatic N) is 5. The van der Waals surface area contributed by atoms with E-state index in [1.807, 2.05) is 49.1 Å². The molecule has 0 saturated carbocycles. The van der Waals surface area contributed by atoms with Crippen molar-refractivity contribution in [1.82, 2.24) is 24.5 Å². The Labute approximate surface area is 169 Å². The fourth-order valence-corrected chi connectivity index (χ4v) is 4.10. The van der Waals surface area contributed by atoms with Crippen molar-refractivity contribution < 1.29 is 14.6 Å². The lowest BCUT2D eigenvalue weighted by molar-refractivity contribution is -0.149. The molecule has 2 atom stereocenters. The summed E-state index contributed by atoms with van der Waals surface area (Å²) in [5, 5.41) is 14.0. The van der Waals surface area contributed by atoms with Gasteiger partial charge in [0.15, 0.2) is 0 Å². The van der Waals surface area contributed by atoms with Crippen molar-refractivity contribution in [2.45, 2.75) is 38.8 Å². The van der Waals surface area contributed by atoms with Crippen LogP contribution in [0.5, 0.6) is 0 Å². The minimum atomic E-state index is -0.424.